The molecule has 9 nitrogen and oxygen atoms in total. The van der Waals surface area contributed by atoms with Crippen molar-refractivity contribution in [2.45, 2.75) is 38.9 Å². The molecular weight excluding hydrogens is 575 g/mol. The van der Waals surface area contributed by atoms with Crippen molar-refractivity contribution < 1.29 is 27.5 Å². The number of H-pyrrole nitrogens is 1. The average molecular weight is 604 g/mol. The number of alkyl halides is 3. The van der Waals surface area contributed by atoms with Crippen molar-refractivity contribution in [2.75, 3.05) is 11.9 Å². The summed E-state index contributed by atoms with van der Waals surface area (Å²) in [7, 11) is 0. The number of carbonyl (C=O) groups is 2. The molecule has 226 valence electrons. The van der Waals surface area contributed by atoms with Crippen LogP contribution in [0.3, 0.4) is 0 Å². The van der Waals surface area contributed by atoms with Crippen molar-refractivity contribution in [1.82, 2.24) is 19.5 Å². The zero-order valence-corrected chi connectivity index (χ0v) is 23.8. The summed E-state index contributed by atoms with van der Waals surface area (Å²) in [6, 6.07) is 21.5. The fourth-order valence-electron chi connectivity index (χ4n) is 4.74. The number of imidazole rings is 1. The Kier molecular flexibility index (Phi) is 8.61. The topological polar surface area (TPSA) is 119 Å². The van der Waals surface area contributed by atoms with Gasteiger partial charge in [-0.2, -0.15) is 18.2 Å². The predicted octanol–water partition coefficient (Wildman–Crippen LogP) is 5.67. The van der Waals surface area contributed by atoms with E-state index < -0.39 is 36.3 Å². The van der Waals surface area contributed by atoms with Crippen LogP contribution in [0.2, 0.25) is 0 Å². The molecule has 0 bridgehead atoms. The second kappa shape index (κ2) is 12.5. The molecule has 5 aromatic rings. The Bertz CT molecular complexity index is 1830. The number of para-hydroxylation sites is 2. The number of aromatic amines is 1. The van der Waals surface area contributed by atoms with E-state index in [1.165, 1.54) is 6.20 Å². The summed E-state index contributed by atoms with van der Waals surface area (Å²) in [5, 5.41) is 3.16. The van der Waals surface area contributed by atoms with Gasteiger partial charge in [0.05, 0.1) is 23.5 Å². The van der Waals surface area contributed by atoms with Crippen LogP contribution in [-0.2, 0) is 20.7 Å². The molecule has 0 aliphatic carbocycles. The molecule has 2 heterocycles. The minimum Gasteiger partial charge on any atom is -0.386 e. The summed E-state index contributed by atoms with van der Waals surface area (Å²) in [6.45, 7) is 4.02. The van der Waals surface area contributed by atoms with E-state index in [9.17, 15) is 27.6 Å². The van der Waals surface area contributed by atoms with Crippen LogP contribution in [-0.4, -0.2) is 44.2 Å². The molecule has 0 aliphatic rings. The number of hydrogen-bond donors (Lipinski definition) is 2. The number of esters is 2. The van der Waals surface area contributed by atoms with Crippen molar-refractivity contribution in [3.8, 4) is 11.4 Å². The lowest BCUT2D eigenvalue weighted by Gasteiger charge is -2.21. The first-order valence-corrected chi connectivity index (χ1v) is 13.7. The van der Waals surface area contributed by atoms with Gasteiger partial charge in [0, 0.05) is 23.9 Å². The first-order valence-electron chi connectivity index (χ1n) is 13.7. The average Bonchev–Trinajstić information content (AvgIpc) is 3.42. The third-order valence-corrected chi connectivity index (χ3v) is 7.05. The second-order valence-corrected chi connectivity index (χ2v) is 10.3. The van der Waals surface area contributed by atoms with Crippen molar-refractivity contribution in [2.24, 2.45) is 0 Å². The number of carbonyl (C=O) groups excluding carboxylic acids is 2. The fraction of sp³-hybridized carbons (Fsp3) is 0.219. The monoisotopic (exact) mass is 603 g/mol. The largest absolute Gasteiger partial charge is 0.491 e. The van der Waals surface area contributed by atoms with E-state index in [0.717, 1.165) is 38.1 Å². The number of anilines is 1. The van der Waals surface area contributed by atoms with E-state index in [4.69, 9.17) is 0 Å². The van der Waals surface area contributed by atoms with E-state index >= 15 is 0 Å². The maximum atomic E-state index is 13.1. The number of fused-ring (bicyclic) bond motifs is 1. The van der Waals surface area contributed by atoms with Crippen LogP contribution in [0.1, 0.15) is 34.7 Å². The van der Waals surface area contributed by atoms with Crippen LogP contribution in [0.4, 0.5) is 19.0 Å². The Morgan fingerprint density at radius 1 is 0.977 bits per heavy atom. The molecule has 0 amide bonds. The van der Waals surface area contributed by atoms with Gasteiger partial charge >= 0.3 is 23.8 Å². The minimum absolute atomic E-state index is 0.336. The molecule has 1 unspecified atom stereocenters. The van der Waals surface area contributed by atoms with E-state index in [1.807, 2.05) is 55.5 Å². The zero-order valence-electron chi connectivity index (χ0n) is 23.8. The molecule has 0 radical (unpaired) electrons. The quantitative estimate of drug-likeness (QED) is 0.165. The molecule has 0 spiro atoms. The van der Waals surface area contributed by atoms with E-state index in [1.54, 1.807) is 31.2 Å². The number of nitrogens with one attached hydrogen (secondary N) is 2. The van der Waals surface area contributed by atoms with Gasteiger partial charge < -0.3 is 15.0 Å². The highest BCUT2D eigenvalue weighted by molar-refractivity contribution is 5.88. The van der Waals surface area contributed by atoms with Gasteiger partial charge in [-0.25, -0.2) is 14.6 Å². The molecule has 5 rings (SSSR count). The normalized spacial score (nSPS) is 12.2. The first-order chi connectivity index (χ1) is 21.0. The number of halogens is 3. The number of aryl methyl sites for hydroxylation is 2. The highest BCUT2D eigenvalue weighted by atomic mass is 19.4. The van der Waals surface area contributed by atoms with Gasteiger partial charge in [-0.3, -0.25) is 9.36 Å². The van der Waals surface area contributed by atoms with Crippen molar-refractivity contribution in [3.05, 3.63) is 112 Å². The van der Waals surface area contributed by atoms with Gasteiger partial charge in [0.25, 0.3) is 0 Å². The molecule has 0 saturated heterocycles. The van der Waals surface area contributed by atoms with Gasteiger partial charge in [-0.15, -0.1) is 0 Å². The number of benzene rings is 3. The van der Waals surface area contributed by atoms with Gasteiger partial charge in [-0.1, -0.05) is 66.2 Å². The van der Waals surface area contributed by atoms with Crippen LogP contribution < -0.4 is 11.0 Å². The Balaban J connectivity index is 1.28. The molecule has 0 fully saturated rings. The summed E-state index contributed by atoms with van der Waals surface area (Å²) in [6.07, 6.45) is -3.91. The first kappa shape index (κ1) is 30.2. The van der Waals surface area contributed by atoms with Crippen LogP contribution >= 0.6 is 0 Å². The summed E-state index contributed by atoms with van der Waals surface area (Å²) in [5.74, 6) is -2.92. The van der Waals surface area contributed by atoms with E-state index in [2.05, 4.69) is 25.0 Å². The number of nitrogens with zero attached hydrogens (tertiary/aromatic N) is 3. The van der Waals surface area contributed by atoms with Gasteiger partial charge in [0.1, 0.15) is 11.6 Å². The van der Waals surface area contributed by atoms with E-state index in [0.29, 0.717) is 29.9 Å². The van der Waals surface area contributed by atoms with Crippen molar-refractivity contribution >= 4 is 28.8 Å². The van der Waals surface area contributed by atoms with Crippen LogP contribution in [0.15, 0.2) is 83.8 Å². The van der Waals surface area contributed by atoms with Crippen LogP contribution in [0.5, 0.6) is 0 Å². The molecule has 0 saturated carbocycles. The third-order valence-electron chi connectivity index (χ3n) is 7.05. The molecule has 44 heavy (non-hydrogen) atoms. The van der Waals surface area contributed by atoms with Crippen molar-refractivity contribution in [3.63, 3.8) is 0 Å². The number of aromatic nitrogens is 4. The SMILES string of the molecule is Cc1ccc(C(CC(=O)OC(=O)C(F)(F)F)n2cc(C)c(NCCc3ccc(-c4nc5ccccc5[nH]4)cc3)nc2=O)cc1. The van der Waals surface area contributed by atoms with E-state index in [-0.39, 0.29) is 0 Å². The predicted molar refractivity (Wildman–Crippen MR) is 158 cm³/mol. The zero-order chi connectivity index (χ0) is 31.4. The number of hydrogen-bond acceptors (Lipinski definition) is 7. The summed E-state index contributed by atoms with van der Waals surface area (Å²) in [5.41, 5.74) is 5.05. The highest BCUT2D eigenvalue weighted by Gasteiger charge is 2.42. The lowest BCUT2D eigenvalue weighted by atomic mass is 10.0. The summed E-state index contributed by atoms with van der Waals surface area (Å²) in [4.78, 5) is 48.7. The van der Waals surface area contributed by atoms with Crippen LogP contribution in [0, 0.1) is 13.8 Å². The third kappa shape index (κ3) is 7.02. The Morgan fingerprint density at radius 2 is 1.68 bits per heavy atom. The van der Waals surface area contributed by atoms with Gasteiger partial charge in [0.15, 0.2) is 0 Å². The van der Waals surface area contributed by atoms with Gasteiger partial charge in [0.2, 0.25) is 0 Å². The lowest BCUT2D eigenvalue weighted by Crippen LogP contribution is -2.33. The maximum Gasteiger partial charge on any atom is 0.491 e. The maximum absolute atomic E-state index is 13.1. The number of ether oxygens (including phenoxy) is 1. The molecule has 1 atom stereocenters. The summed E-state index contributed by atoms with van der Waals surface area (Å²) >= 11 is 0. The Labute approximate surface area is 249 Å². The summed E-state index contributed by atoms with van der Waals surface area (Å²) < 4.78 is 43.0. The van der Waals surface area contributed by atoms with Gasteiger partial charge in [-0.05, 0) is 43.5 Å². The minimum atomic E-state index is -5.33. The van der Waals surface area contributed by atoms with Crippen LogP contribution in [0.25, 0.3) is 22.4 Å². The smallest absolute Gasteiger partial charge is 0.386 e. The van der Waals surface area contributed by atoms with Crippen molar-refractivity contribution in [1.29, 1.82) is 0 Å². The number of rotatable bonds is 9. The molecule has 3 aromatic carbocycles. The molecule has 2 aromatic heterocycles. The molecule has 2 N–H and O–H groups in total. The Morgan fingerprint density at radius 3 is 2.36 bits per heavy atom. The lowest BCUT2D eigenvalue weighted by molar-refractivity contribution is -0.202. The Hall–Kier alpha value is -5.26. The highest BCUT2D eigenvalue weighted by Crippen LogP contribution is 2.25. The molecular formula is C32H28F3N5O4. The second-order valence-electron chi connectivity index (χ2n) is 10.3. The standard InChI is InChI=1S/C32H28F3N5O4/c1-19-7-11-22(12-8-19)26(17-27(41)44-30(42)32(33,34)35)40-18-20(2)28(39-31(40)43)36-16-15-21-9-13-23(14-10-21)29-37-24-5-3-4-6-25(24)38-29/h3-14,18,26H,15-17H2,1-2H3,(H,37,38)(H,36,39,43). The fourth-order valence-corrected chi connectivity index (χ4v) is 4.74. The molecule has 12 heteroatoms. The molecule has 0 aliphatic heterocycles.